The lowest BCUT2D eigenvalue weighted by atomic mass is 9.99. The minimum Gasteiger partial charge on any atom is -0.497 e. The maximum absolute atomic E-state index is 12.5. The molecule has 128 valence electrons. The highest BCUT2D eigenvalue weighted by atomic mass is 32.1. The molecule has 0 fully saturated rings. The van der Waals surface area contributed by atoms with Gasteiger partial charge in [0, 0.05) is 10.4 Å². The van der Waals surface area contributed by atoms with Crippen LogP contribution >= 0.6 is 11.3 Å². The fourth-order valence-electron chi connectivity index (χ4n) is 2.96. The number of nitrogens with zero attached hydrogens (tertiary/aromatic N) is 2. The molecule has 1 amide bonds. The molecule has 1 aliphatic rings. The number of hydrogen-bond acceptors (Lipinski definition) is 5. The first kappa shape index (κ1) is 15.8. The summed E-state index contributed by atoms with van der Waals surface area (Å²) in [6, 6.07) is 9.49. The van der Waals surface area contributed by atoms with Crippen molar-refractivity contribution in [3.05, 3.63) is 45.6 Å². The van der Waals surface area contributed by atoms with Crippen molar-refractivity contribution in [2.45, 2.75) is 25.7 Å². The van der Waals surface area contributed by atoms with Gasteiger partial charge in [0.1, 0.15) is 5.75 Å². The number of methoxy groups -OCH3 is 1. The second-order valence-electron chi connectivity index (χ2n) is 5.96. The van der Waals surface area contributed by atoms with Crippen molar-refractivity contribution in [2.24, 2.45) is 0 Å². The minimum absolute atomic E-state index is 0.153. The second-order valence-corrected chi connectivity index (χ2v) is 7.09. The van der Waals surface area contributed by atoms with Crippen LogP contribution < -0.4 is 10.1 Å². The maximum atomic E-state index is 12.5. The Hall–Kier alpha value is -2.67. The Morgan fingerprint density at radius 2 is 2.04 bits per heavy atom. The monoisotopic (exact) mass is 354 g/mol. The van der Waals surface area contributed by atoms with Crippen molar-refractivity contribution in [2.75, 3.05) is 12.4 Å². The van der Waals surface area contributed by atoms with Gasteiger partial charge in [-0.3, -0.25) is 15.2 Å². The van der Waals surface area contributed by atoms with Crippen LogP contribution in [0.5, 0.6) is 5.75 Å². The van der Waals surface area contributed by atoms with Crippen LogP contribution in [-0.4, -0.2) is 28.2 Å². The van der Waals surface area contributed by atoms with Crippen LogP contribution in [0.4, 0.5) is 5.95 Å². The number of aryl methyl sites for hydroxylation is 2. The maximum Gasteiger partial charge on any atom is 0.268 e. The highest BCUT2D eigenvalue weighted by Crippen LogP contribution is 2.30. The molecule has 0 spiro atoms. The third-order valence-corrected chi connectivity index (χ3v) is 5.53. The molecule has 0 bridgehead atoms. The molecule has 4 rings (SSSR count). The van der Waals surface area contributed by atoms with E-state index in [1.54, 1.807) is 18.4 Å². The van der Waals surface area contributed by atoms with Gasteiger partial charge < -0.3 is 4.74 Å². The van der Waals surface area contributed by atoms with Gasteiger partial charge in [-0.2, -0.15) is 4.98 Å². The second kappa shape index (κ2) is 6.68. The summed E-state index contributed by atoms with van der Waals surface area (Å²) in [5, 5.41) is 9.71. The number of rotatable bonds is 4. The van der Waals surface area contributed by atoms with Gasteiger partial charge in [-0.25, -0.2) is 0 Å². The predicted octanol–water partition coefficient (Wildman–Crippen LogP) is 3.67. The van der Waals surface area contributed by atoms with Crippen LogP contribution in [-0.2, 0) is 12.8 Å². The average Bonchev–Trinajstić information content (AvgIpc) is 3.28. The Bertz CT molecular complexity index is 875. The Balaban J connectivity index is 1.48. The zero-order valence-corrected chi connectivity index (χ0v) is 14.7. The van der Waals surface area contributed by atoms with E-state index in [1.165, 1.54) is 23.3 Å². The van der Waals surface area contributed by atoms with Gasteiger partial charge >= 0.3 is 0 Å². The van der Waals surface area contributed by atoms with Crippen molar-refractivity contribution in [3.63, 3.8) is 0 Å². The number of benzene rings is 1. The van der Waals surface area contributed by atoms with E-state index < -0.39 is 0 Å². The summed E-state index contributed by atoms with van der Waals surface area (Å²) in [5.74, 6) is 1.50. The summed E-state index contributed by atoms with van der Waals surface area (Å²) in [6.07, 6.45) is 4.56. The number of amides is 1. The number of ether oxygens (including phenoxy) is 1. The molecule has 0 saturated heterocycles. The number of aromatic amines is 1. The van der Waals surface area contributed by atoms with E-state index >= 15 is 0 Å². The van der Waals surface area contributed by atoms with Gasteiger partial charge in [0.15, 0.2) is 5.82 Å². The summed E-state index contributed by atoms with van der Waals surface area (Å²) in [6.45, 7) is 0. The summed E-state index contributed by atoms with van der Waals surface area (Å²) in [7, 11) is 1.62. The predicted molar refractivity (Wildman–Crippen MR) is 97.3 cm³/mol. The van der Waals surface area contributed by atoms with Gasteiger partial charge in [0.25, 0.3) is 5.91 Å². The number of fused-ring (bicyclic) bond motifs is 1. The van der Waals surface area contributed by atoms with Crippen LogP contribution in [0.3, 0.4) is 0 Å². The lowest BCUT2D eigenvalue weighted by Crippen LogP contribution is -2.11. The zero-order valence-electron chi connectivity index (χ0n) is 13.8. The number of nitrogens with one attached hydrogen (secondary N) is 2. The standard InChI is InChI=1S/C18H18N4O2S/c1-24-13-8-6-11(7-9-13)16-19-18(22-21-16)20-17(23)15-10-12-4-2-3-5-14(12)25-15/h6-10H,2-5H2,1H3,(H2,19,20,21,22,23). The number of anilines is 1. The highest BCUT2D eigenvalue weighted by molar-refractivity contribution is 7.14. The largest absolute Gasteiger partial charge is 0.497 e. The van der Waals surface area contributed by atoms with E-state index in [1.807, 2.05) is 30.3 Å². The number of hydrogen-bond donors (Lipinski definition) is 2. The molecule has 1 aliphatic carbocycles. The molecule has 0 saturated carbocycles. The van der Waals surface area contributed by atoms with Crippen LogP contribution in [0, 0.1) is 0 Å². The molecular formula is C18H18N4O2S. The SMILES string of the molecule is COc1ccc(-c2nc(NC(=O)c3cc4c(s3)CCCC4)n[nH]2)cc1. The molecule has 2 N–H and O–H groups in total. The molecule has 7 heteroatoms. The molecule has 2 heterocycles. The summed E-state index contributed by atoms with van der Waals surface area (Å²) < 4.78 is 5.14. The number of carbonyl (C=O) groups excluding carboxylic acids is 1. The highest BCUT2D eigenvalue weighted by Gasteiger charge is 2.18. The molecule has 3 aromatic rings. The first-order valence-corrected chi connectivity index (χ1v) is 9.04. The first-order valence-electron chi connectivity index (χ1n) is 8.22. The number of H-pyrrole nitrogens is 1. The van der Waals surface area contributed by atoms with Gasteiger partial charge in [0.05, 0.1) is 12.0 Å². The normalized spacial score (nSPS) is 13.3. The molecule has 6 nitrogen and oxygen atoms in total. The van der Waals surface area contributed by atoms with Gasteiger partial charge in [-0.05, 0) is 61.6 Å². The lowest BCUT2D eigenvalue weighted by Gasteiger charge is -2.08. The van der Waals surface area contributed by atoms with Crippen molar-refractivity contribution in [1.29, 1.82) is 0 Å². The topological polar surface area (TPSA) is 79.9 Å². The van der Waals surface area contributed by atoms with E-state index in [2.05, 4.69) is 20.5 Å². The summed E-state index contributed by atoms with van der Waals surface area (Å²) in [5.41, 5.74) is 2.19. The zero-order chi connectivity index (χ0) is 17.2. The molecular weight excluding hydrogens is 336 g/mol. The third-order valence-electron chi connectivity index (χ3n) is 4.29. The van der Waals surface area contributed by atoms with Crippen molar-refractivity contribution in [1.82, 2.24) is 15.2 Å². The molecule has 0 radical (unpaired) electrons. The van der Waals surface area contributed by atoms with E-state index in [4.69, 9.17) is 4.74 Å². The summed E-state index contributed by atoms with van der Waals surface area (Å²) >= 11 is 1.58. The van der Waals surface area contributed by atoms with Gasteiger partial charge in [-0.1, -0.05) is 0 Å². The molecule has 0 unspecified atom stereocenters. The minimum atomic E-state index is -0.153. The summed E-state index contributed by atoms with van der Waals surface area (Å²) in [4.78, 5) is 18.9. The van der Waals surface area contributed by atoms with Crippen LogP contribution in [0.15, 0.2) is 30.3 Å². The van der Waals surface area contributed by atoms with Crippen LogP contribution in [0.2, 0.25) is 0 Å². The van der Waals surface area contributed by atoms with E-state index in [0.29, 0.717) is 5.82 Å². The van der Waals surface area contributed by atoms with E-state index in [0.717, 1.165) is 29.0 Å². The number of carbonyl (C=O) groups is 1. The van der Waals surface area contributed by atoms with Gasteiger partial charge in [-0.15, -0.1) is 16.4 Å². The van der Waals surface area contributed by atoms with E-state index in [-0.39, 0.29) is 11.9 Å². The number of aromatic nitrogens is 3. The van der Waals surface area contributed by atoms with Gasteiger partial charge in [0.2, 0.25) is 5.95 Å². The fourth-order valence-corrected chi connectivity index (χ4v) is 4.11. The Morgan fingerprint density at radius 1 is 1.24 bits per heavy atom. The fraction of sp³-hybridized carbons (Fsp3) is 0.278. The molecule has 0 atom stereocenters. The molecule has 2 aromatic heterocycles. The Kier molecular flexibility index (Phi) is 4.23. The Labute approximate surface area is 149 Å². The third kappa shape index (κ3) is 3.28. The average molecular weight is 354 g/mol. The van der Waals surface area contributed by atoms with Crippen molar-refractivity contribution >= 4 is 23.2 Å². The van der Waals surface area contributed by atoms with E-state index in [9.17, 15) is 4.79 Å². The van der Waals surface area contributed by atoms with Crippen LogP contribution in [0.25, 0.3) is 11.4 Å². The first-order chi connectivity index (χ1) is 12.2. The van der Waals surface area contributed by atoms with Crippen molar-refractivity contribution in [3.8, 4) is 17.1 Å². The lowest BCUT2D eigenvalue weighted by molar-refractivity contribution is 0.102. The molecule has 25 heavy (non-hydrogen) atoms. The molecule has 1 aromatic carbocycles. The molecule has 0 aliphatic heterocycles. The quantitative estimate of drug-likeness (QED) is 0.749. The van der Waals surface area contributed by atoms with Crippen molar-refractivity contribution < 1.29 is 9.53 Å². The Morgan fingerprint density at radius 3 is 2.80 bits per heavy atom. The van der Waals surface area contributed by atoms with Crippen LogP contribution in [0.1, 0.15) is 33.0 Å². The smallest absolute Gasteiger partial charge is 0.268 e. The number of thiophene rings is 1.